The lowest BCUT2D eigenvalue weighted by molar-refractivity contribution is 0.487. The van der Waals surface area contributed by atoms with Crippen LogP contribution in [0.15, 0.2) is 35.2 Å². The largest absolute Gasteiger partial charge is 0.285 e. The molecule has 1 rings (SSSR count). The van der Waals surface area contributed by atoms with E-state index < -0.39 is 25.7 Å². The fraction of sp³-hybridized carbons (Fsp3) is 0.273. The molecule has 0 unspecified atom stereocenters. The molecule has 0 spiro atoms. The fourth-order valence-electron chi connectivity index (χ4n) is 0.900. The topological polar surface area (TPSA) is 88.5 Å². The lowest BCUT2D eigenvalue weighted by Gasteiger charge is -1.98. The highest BCUT2D eigenvalue weighted by Gasteiger charge is 2.08. The zero-order valence-electron chi connectivity index (χ0n) is 9.78. The van der Waals surface area contributed by atoms with Gasteiger partial charge in [-0.2, -0.15) is 8.42 Å². The molecule has 5 nitrogen and oxygen atoms in total. The van der Waals surface area contributed by atoms with Crippen LogP contribution in [-0.4, -0.2) is 32.9 Å². The van der Waals surface area contributed by atoms with Crippen LogP contribution in [0.1, 0.15) is 6.92 Å². The van der Waals surface area contributed by atoms with E-state index in [2.05, 4.69) is 6.42 Å². The Balaban J connectivity index is 0.000000360. The first-order valence-electron chi connectivity index (χ1n) is 4.89. The van der Waals surface area contributed by atoms with E-state index in [4.69, 9.17) is 4.55 Å². The molecular weight excluding hydrogens is 276 g/mol. The second-order valence-electron chi connectivity index (χ2n) is 3.15. The Bertz CT molecular complexity index is 595. The third-order valence-corrected chi connectivity index (χ3v) is 4.03. The maximum Gasteiger partial charge on any atom is 0.276 e. The smallest absolute Gasteiger partial charge is 0.276 e. The Labute approximate surface area is 108 Å². The molecule has 0 aliphatic rings. The molecule has 0 amide bonds. The van der Waals surface area contributed by atoms with E-state index in [0.29, 0.717) is 4.90 Å². The number of hydrogen-bond donors (Lipinski definition) is 1. The van der Waals surface area contributed by atoms with Crippen LogP contribution in [0.3, 0.4) is 0 Å². The second kappa shape index (κ2) is 7.16. The fourth-order valence-corrected chi connectivity index (χ4v) is 2.02. The Morgan fingerprint density at radius 2 is 1.67 bits per heavy atom. The number of sulfone groups is 1. The van der Waals surface area contributed by atoms with Crippen molar-refractivity contribution in [2.24, 2.45) is 0 Å². The van der Waals surface area contributed by atoms with Crippen LogP contribution >= 0.6 is 0 Å². The first kappa shape index (κ1) is 16.6. The second-order valence-corrected chi connectivity index (χ2v) is 6.88. The molecule has 0 saturated heterocycles. The highest BCUT2D eigenvalue weighted by molar-refractivity contribution is 7.91. The first-order valence-corrected chi connectivity index (χ1v) is 8.15. The molecule has 18 heavy (non-hydrogen) atoms. The molecular formula is C11H14O5S2. The lowest BCUT2D eigenvalue weighted by Crippen LogP contribution is -2.02. The summed E-state index contributed by atoms with van der Waals surface area (Å²) in [5.74, 6) is 1.33. The van der Waals surface area contributed by atoms with Gasteiger partial charge in [0.05, 0.1) is 10.6 Å². The predicted molar refractivity (Wildman–Crippen MR) is 69.4 cm³/mol. The van der Waals surface area contributed by atoms with Crippen molar-refractivity contribution in [1.82, 2.24) is 0 Å². The summed E-state index contributed by atoms with van der Waals surface area (Å²) in [6.45, 7) is 1.64. The summed E-state index contributed by atoms with van der Waals surface area (Å²) < 4.78 is 49.5. The van der Waals surface area contributed by atoms with E-state index in [9.17, 15) is 16.8 Å². The standard InChI is InChI=1S/C8H10O2S.C3H4O3S/c1-2-11(9,10)8-6-4-3-5-7-8;1-2-3-7(4,5)6/h3-7H,2H2,1H3;1H,3H2,(H,4,5,6). The van der Waals surface area contributed by atoms with Gasteiger partial charge in [-0.3, -0.25) is 4.55 Å². The van der Waals surface area contributed by atoms with Crippen LogP contribution in [0.2, 0.25) is 0 Å². The van der Waals surface area contributed by atoms with Crippen LogP contribution < -0.4 is 0 Å². The molecule has 0 bridgehead atoms. The summed E-state index contributed by atoms with van der Waals surface area (Å²) in [4.78, 5) is 0.405. The SMILES string of the molecule is C#CCS(=O)(=O)O.CCS(=O)(=O)c1ccccc1. The molecule has 0 radical (unpaired) electrons. The minimum absolute atomic E-state index is 0.164. The highest BCUT2D eigenvalue weighted by atomic mass is 32.2. The van der Waals surface area contributed by atoms with Crippen LogP contribution in [0, 0.1) is 12.3 Å². The molecule has 0 aliphatic carbocycles. The molecule has 1 aromatic rings. The van der Waals surface area contributed by atoms with Gasteiger partial charge in [0.2, 0.25) is 0 Å². The molecule has 0 heterocycles. The van der Waals surface area contributed by atoms with E-state index >= 15 is 0 Å². The average molecular weight is 290 g/mol. The third kappa shape index (κ3) is 7.06. The van der Waals surface area contributed by atoms with E-state index in [1.54, 1.807) is 43.2 Å². The maximum absolute atomic E-state index is 11.2. The summed E-state index contributed by atoms with van der Waals surface area (Å²) in [6.07, 6.45) is 4.53. The van der Waals surface area contributed by atoms with Crippen molar-refractivity contribution in [3.05, 3.63) is 30.3 Å². The van der Waals surface area contributed by atoms with Crippen molar-refractivity contribution in [3.63, 3.8) is 0 Å². The molecule has 7 heteroatoms. The zero-order valence-corrected chi connectivity index (χ0v) is 11.4. The minimum Gasteiger partial charge on any atom is -0.285 e. The quantitative estimate of drug-likeness (QED) is 0.662. The molecule has 0 aromatic heterocycles. The number of hydrogen-bond acceptors (Lipinski definition) is 4. The van der Waals surface area contributed by atoms with Gasteiger partial charge in [0, 0.05) is 0 Å². The van der Waals surface area contributed by atoms with Crippen molar-refractivity contribution in [1.29, 1.82) is 0 Å². The normalized spacial score (nSPS) is 10.9. The maximum atomic E-state index is 11.2. The van der Waals surface area contributed by atoms with Gasteiger partial charge in [0.25, 0.3) is 10.1 Å². The minimum atomic E-state index is -3.91. The highest BCUT2D eigenvalue weighted by Crippen LogP contribution is 2.08. The Kier molecular flexibility index (Phi) is 6.62. The average Bonchev–Trinajstić information content (AvgIpc) is 2.29. The van der Waals surface area contributed by atoms with E-state index in [1.807, 2.05) is 0 Å². The van der Waals surface area contributed by atoms with Crippen molar-refractivity contribution in [2.75, 3.05) is 11.5 Å². The third-order valence-electron chi connectivity index (χ3n) is 1.75. The van der Waals surface area contributed by atoms with Gasteiger partial charge in [0.15, 0.2) is 9.84 Å². The molecule has 0 aliphatic heterocycles. The van der Waals surface area contributed by atoms with Gasteiger partial charge in [0.1, 0.15) is 5.75 Å². The molecule has 0 fully saturated rings. The van der Waals surface area contributed by atoms with Crippen LogP contribution in [-0.2, 0) is 20.0 Å². The van der Waals surface area contributed by atoms with Gasteiger partial charge in [-0.1, -0.05) is 31.0 Å². The van der Waals surface area contributed by atoms with Crippen LogP contribution in [0.4, 0.5) is 0 Å². The summed E-state index contributed by atoms with van der Waals surface area (Å²) in [5.41, 5.74) is 0. The van der Waals surface area contributed by atoms with Gasteiger partial charge in [-0.15, -0.1) is 6.42 Å². The van der Waals surface area contributed by atoms with Gasteiger partial charge >= 0.3 is 0 Å². The number of terminal acetylenes is 1. The van der Waals surface area contributed by atoms with Crippen molar-refractivity contribution >= 4 is 20.0 Å². The Morgan fingerprint density at radius 3 is 1.94 bits per heavy atom. The Morgan fingerprint density at radius 1 is 1.17 bits per heavy atom. The summed E-state index contributed by atoms with van der Waals surface area (Å²) in [7, 11) is -6.91. The van der Waals surface area contributed by atoms with E-state index in [1.165, 1.54) is 0 Å². The predicted octanol–water partition coefficient (Wildman–Crippen LogP) is 0.988. The number of rotatable bonds is 3. The molecule has 0 atom stereocenters. The van der Waals surface area contributed by atoms with Crippen LogP contribution in [0.5, 0.6) is 0 Å². The van der Waals surface area contributed by atoms with Gasteiger partial charge in [-0.05, 0) is 12.1 Å². The zero-order chi connectivity index (χ0) is 14.2. The van der Waals surface area contributed by atoms with Gasteiger partial charge < -0.3 is 0 Å². The van der Waals surface area contributed by atoms with Crippen molar-refractivity contribution in [3.8, 4) is 12.3 Å². The molecule has 1 N–H and O–H groups in total. The van der Waals surface area contributed by atoms with Crippen molar-refractivity contribution in [2.45, 2.75) is 11.8 Å². The molecule has 0 saturated carbocycles. The van der Waals surface area contributed by atoms with E-state index in [-0.39, 0.29) is 5.75 Å². The molecule has 100 valence electrons. The summed E-state index contributed by atoms with van der Waals surface area (Å²) in [6, 6.07) is 8.47. The first-order chi connectivity index (χ1) is 8.23. The monoisotopic (exact) mass is 290 g/mol. The Hall–Kier alpha value is -1.36. The van der Waals surface area contributed by atoms with Gasteiger partial charge in [-0.25, -0.2) is 8.42 Å². The van der Waals surface area contributed by atoms with E-state index in [0.717, 1.165) is 0 Å². The number of benzene rings is 1. The van der Waals surface area contributed by atoms with Crippen molar-refractivity contribution < 1.29 is 21.4 Å². The lowest BCUT2D eigenvalue weighted by atomic mass is 10.4. The summed E-state index contributed by atoms with van der Waals surface area (Å²) in [5, 5.41) is 0. The summed E-state index contributed by atoms with van der Waals surface area (Å²) >= 11 is 0. The molecule has 1 aromatic carbocycles. The van der Waals surface area contributed by atoms with Crippen LogP contribution in [0.25, 0.3) is 0 Å².